The van der Waals surface area contributed by atoms with Crippen LogP contribution in [-0.2, 0) is 6.42 Å². The van der Waals surface area contributed by atoms with E-state index in [1.54, 1.807) is 0 Å². The molecule has 1 nitrogen and oxygen atoms in total. The van der Waals surface area contributed by atoms with Crippen LogP contribution in [0.2, 0.25) is 0 Å². The number of rotatable bonds is 3. The van der Waals surface area contributed by atoms with Gasteiger partial charge in [0, 0.05) is 11.4 Å². The number of halogens is 1. The quantitative estimate of drug-likeness (QED) is 0.638. The molecule has 0 N–H and O–H groups in total. The lowest BCUT2D eigenvalue weighted by Gasteiger charge is -2.13. The molecular formula is C18H16FN. The summed E-state index contributed by atoms with van der Waals surface area (Å²) in [5, 5.41) is 0. The smallest absolute Gasteiger partial charge is 0.123 e. The highest BCUT2D eigenvalue weighted by Gasteiger charge is 2.10. The monoisotopic (exact) mass is 265 g/mol. The predicted octanol–water partition coefficient (Wildman–Crippen LogP) is 4.85. The van der Waals surface area contributed by atoms with Crippen molar-refractivity contribution in [1.29, 1.82) is 0 Å². The highest BCUT2D eigenvalue weighted by molar-refractivity contribution is 5.64. The van der Waals surface area contributed by atoms with E-state index in [2.05, 4.69) is 35.8 Å². The maximum atomic E-state index is 13.1. The molecule has 0 fully saturated rings. The van der Waals surface area contributed by atoms with Gasteiger partial charge in [0.15, 0.2) is 0 Å². The molecule has 0 aliphatic rings. The lowest BCUT2D eigenvalue weighted by atomic mass is 10.1. The maximum absolute atomic E-state index is 13.1. The Morgan fingerprint density at radius 3 is 2.20 bits per heavy atom. The normalized spacial score (nSPS) is 10.7. The summed E-state index contributed by atoms with van der Waals surface area (Å²) in [6.07, 6.45) is 0.935. The zero-order valence-corrected chi connectivity index (χ0v) is 11.4. The number of hydrogen-bond acceptors (Lipinski definition) is 0. The van der Waals surface area contributed by atoms with Gasteiger partial charge in [0.05, 0.1) is 5.69 Å². The molecule has 0 spiro atoms. The van der Waals surface area contributed by atoms with Crippen molar-refractivity contribution in [1.82, 2.24) is 4.57 Å². The average Bonchev–Trinajstić information content (AvgIpc) is 2.93. The molecule has 0 atom stereocenters. The minimum Gasteiger partial charge on any atom is -0.314 e. The topological polar surface area (TPSA) is 4.93 Å². The molecule has 20 heavy (non-hydrogen) atoms. The minimum absolute atomic E-state index is 0.208. The fourth-order valence-electron chi connectivity index (χ4n) is 2.48. The second-order valence-electron chi connectivity index (χ2n) is 4.74. The summed E-state index contributed by atoms with van der Waals surface area (Å²) in [5.41, 5.74) is 4.51. The average molecular weight is 265 g/mol. The van der Waals surface area contributed by atoms with E-state index in [9.17, 15) is 4.39 Å². The van der Waals surface area contributed by atoms with Gasteiger partial charge < -0.3 is 4.57 Å². The first-order chi connectivity index (χ1) is 9.79. The van der Waals surface area contributed by atoms with Crippen LogP contribution in [0.3, 0.4) is 0 Å². The van der Waals surface area contributed by atoms with Crippen LogP contribution < -0.4 is 0 Å². The standard InChI is InChI=1S/C18H16FN/c1-2-16-12-13-18(14-6-4-3-5-7-14)20(16)17-10-8-15(19)9-11-17/h3-13H,2H2,1H3. The molecule has 2 aromatic carbocycles. The van der Waals surface area contributed by atoms with Crippen molar-refractivity contribution in [3.63, 3.8) is 0 Å². The first-order valence-corrected chi connectivity index (χ1v) is 6.81. The Morgan fingerprint density at radius 2 is 1.55 bits per heavy atom. The summed E-state index contributed by atoms with van der Waals surface area (Å²) in [5.74, 6) is -0.208. The third-order valence-electron chi connectivity index (χ3n) is 3.48. The second kappa shape index (κ2) is 5.33. The molecule has 0 unspecified atom stereocenters. The van der Waals surface area contributed by atoms with Gasteiger partial charge in [0.2, 0.25) is 0 Å². The van der Waals surface area contributed by atoms with Crippen LogP contribution in [0, 0.1) is 5.82 Å². The van der Waals surface area contributed by atoms with E-state index in [0.717, 1.165) is 23.4 Å². The van der Waals surface area contributed by atoms with Crippen LogP contribution in [0.15, 0.2) is 66.7 Å². The molecule has 1 heterocycles. The van der Waals surface area contributed by atoms with Gasteiger partial charge in [-0.1, -0.05) is 37.3 Å². The van der Waals surface area contributed by atoms with Crippen molar-refractivity contribution < 1.29 is 4.39 Å². The Morgan fingerprint density at radius 1 is 0.850 bits per heavy atom. The molecule has 3 rings (SSSR count). The molecule has 1 aromatic heterocycles. The maximum Gasteiger partial charge on any atom is 0.123 e. The molecule has 0 saturated carbocycles. The molecule has 0 aliphatic carbocycles. The summed E-state index contributed by atoms with van der Waals surface area (Å²) in [4.78, 5) is 0. The molecule has 0 radical (unpaired) electrons. The Bertz CT molecular complexity index is 696. The molecule has 0 aliphatic heterocycles. The Hall–Kier alpha value is -2.35. The van der Waals surface area contributed by atoms with Gasteiger partial charge in [-0.15, -0.1) is 0 Å². The predicted molar refractivity (Wildman–Crippen MR) is 80.5 cm³/mol. The zero-order chi connectivity index (χ0) is 13.9. The van der Waals surface area contributed by atoms with Gasteiger partial charge in [0.1, 0.15) is 5.82 Å². The van der Waals surface area contributed by atoms with Gasteiger partial charge in [-0.05, 0) is 48.4 Å². The summed E-state index contributed by atoms with van der Waals surface area (Å²) in [6.45, 7) is 2.13. The van der Waals surface area contributed by atoms with Crippen LogP contribution in [0.4, 0.5) is 4.39 Å². The van der Waals surface area contributed by atoms with Crippen molar-refractivity contribution in [2.45, 2.75) is 13.3 Å². The van der Waals surface area contributed by atoms with Gasteiger partial charge >= 0.3 is 0 Å². The number of aromatic nitrogens is 1. The van der Waals surface area contributed by atoms with E-state index < -0.39 is 0 Å². The number of aryl methyl sites for hydroxylation is 1. The van der Waals surface area contributed by atoms with E-state index in [1.165, 1.54) is 17.8 Å². The van der Waals surface area contributed by atoms with Crippen LogP contribution in [0.5, 0.6) is 0 Å². The van der Waals surface area contributed by atoms with E-state index in [0.29, 0.717) is 0 Å². The van der Waals surface area contributed by atoms with Gasteiger partial charge in [0.25, 0.3) is 0 Å². The lowest BCUT2D eigenvalue weighted by Crippen LogP contribution is -2.01. The highest BCUT2D eigenvalue weighted by atomic mass is 19.1. The fraction of sp³-hybridized carbons (Fsp3) is 0.111. The number of benzene rings is 2. The van der Waals surface area contributed by atoms with E-state index in [1.807, 2.05) is 30.3 Å². The molecule has 0 saturated heterocycles. The van der Waals surface area contributed by atoms with E-state index >= 15 is 0 Å². The molecule has 3 aromatic rings. The van der Waals surface area contributed by atoms with E-state index in [4.69, 9.17) is 0 Å². The Labute approximate surface area is 118 Å². The fourth-order valence-corrected chi connectivity index (χ4v) is 2.48. The highest BCUT2D eigenvalue weighted by Crippen LogP contribution is 2.27. The molecule has 0 amide bonds. The molecule has 100 valence electrons. The van der Waals surface area contributed by atoms with Gasteiger partial charge in [-0.2, -0.15) is 0 Å². The minimum atomic E-state index is -0.208. The van der Waals surface area contributed by atoms with Crippen molar-refractivity contribution in [3.05, 3.63) is 78.2 Å². The zero-order valence-electron chi connectivity index (χ0n) is 11.4. The van der Waals surface area contributed by atoms with E-state index in [-0.39, 0.29) is 5.82 Å². The van der Waals surface area contributed by atoms with Crippen LogP contribution in [0.25, 0.3) is 16.9 Å². The third-order valence-corrected chi connectivity index (χ3v) is 3.48. The Kier molecular flexibility index (Phi) is 3.38. The van der Waals surface area contributed by atoms with Crippen LogP contribution >= 0.6 is 0 Å². The van der Waals surface area contributed by atoms with Gasteiger partial charge in [-0.3, -0.25) is 0 Å². The summed E-state index contributed by atoms with van der Waals surface area (Å²) >= 11 is 0. The van der Waals surface area contributed by atoms with Crippen molar-refractivity contribution in [3.8, 4) is 16.9 Å². The van der Waals surface area contributed by atoms with Crippen molar-refractivity contribution >= 4 is 0 Å². The SMILES string of the molecule is CCc1ccc(-c2ccccc2)n1-c1ccc(F)cc1. The first kappa shape index (κ1) is 12.7. The molecular weight excluding hydrogens is 249 g/mol. The first-order valence-electron chi connectivity index (χ1n) is 6.81. The lowest BCUT2D eigenvalue weighted by molar-refractivity contribution is 0.627. The largest absolute Gasteiger partial charge is 0.314 e. The van der Waals surface area contributed by atoms with Gasteiger partial charge in [-0.25, -0.2) is 4.39 Å². The summed E-state index contributed by atoms with van der Waals surface area (Å²) < 4.78 is 15.3. The molecule has 0 bridgehead atoms. The van der Waals surface area contributed by atoms with Crippen LogP contribution in [-0.4, -0.2) is 4.57 Å². The Balaban J connectivity index is 2.18. The summed E-state index contributed by atoms with van der Waals surface area (Å²) in [7, 11) is 0. The third kappa shape index (κ3) is 2.25. The molecule has 2 heteroatoms. The number of nitrogens with zero attached hydrogens (tertiary/aromatic N) is 1. The van der Waals surface area contributed by atoms with Crippen molar-refractivity contribution in [2.75, 3.05) is 0 Å². The van der Waals surface area contributed by atoms with Crippen molar-refractivity contribution in [2.24, 2.45) is 0 Å². The number of hydrogen-bond donors (Lipinski definition) is 0. The van der Waals surface area contributed by atoms with Crippen LogP contribution in [0.1, 0.15) is 12.6 Å². The second-order valence-corrected chi connectivity index (χ2v) is 4.74. The summed E-state index contributed by atoms with van der Waals surface area (Å²) in [6, 6.07) is 21.2.